The van der Waals surface area contributed by atoms with Crippen LogP contribution in [0.3, 0.4) is 0 Å². The normalized spacial score (nSPS) is 10.3. The van der Waals surface area contributed by atoms with Crippen LogP contribution in [-0.4, -0.2) is 20.4 Å². The molecule has 1 N–H and O–H groups in total. The first-order chi connectivity index (χ1) is 7.66. The summed E-state index contributed by atoms with van der Waals surface area (Å²) in [5, 5.41) is 9.28. The maximum atomic E-state index is 11.8. The zero-order valence-corrected chi connectivity index (χ0v) is 8.92. The lowest BCUT2D eigenvalue weighted by molar-refractivity contribution is 0.0980. The number of phenolic OH excluding ortho intramolecular Hbond substituents is 1. The molecule has 0 unspecified atom stereocenters. The molecule has 0 aliphatic carbocycles. The summed E-state index contributed by atoms with van der Waals surface area (Å²) < 4.78 is 1.69. The van der Waals surface area contributed by atoms with Crippen molar-refractivity contribution in [2.45, 2.75) is 6.42 Å². The number of rotatable bonds is 3. The third kappa shape index (κ3) is 2.11. The van der Waals surface area contributed by atoms with Crippen LogP contribution >= 0.6 is 0 Å². The molecule has 2 rings (SSSR count). The molecule has 1 aromatic heterocycles. The standard InChI is InChI=1S/C12H12N2O2/c1-14-6-5-13-12(14)11(16)8-9-3-2-4-10(15)7-9/h2-7,15H,8H2,1H3. The largest absolute Gasteiger partial charge is 0.508 e. The Bertz CT molecular complexity index is 517. The van der Waals surface area contributed by atoms with Crippen molar-refractivity contribution in [1.82, 2.24) is 9.55 Å². The molecule has 82 valence electrons. The highest BCUT2D eigenvalue weighted by molar-refractivity contribution is 5.94. The molecule has 2 aromatic rings. The molecule has 16 heavy (non-hydrogen) atoms. The van der Waals surface area contributed by atoms with Crippen molar-refractivity contribution in [2.75, 3.05) is 0 Å². The second-order valence-electron chi connectivity index (χ2n) is 3.63. The minimum absolute atomic E-state index is 0.0573. The van der Waals surface area contributed by atoms with Crippen molar-refractivity contribution in [2.24, 2.45) is 7.05 Å². The van der Waals surface area contributed by atoms with Gasteiger partial charge in [0.2, 0.25) is 5.78 Å². The second kappa shape index (κ2) is 4.18. The smallest absolute Gasteiger partial charge is 0.202 e. The van der Waals surface area contributed by atoms with Crippen LogP contribution in [0.5, 0.6) is 5.75 Å². The number of carbonyl (C=O) groups is 1. The van der Waals surface area contributed by atoms with Crippen molar-refractivity contribution in [3.05, 3.63) is 48.0 Å². The van der Waals surface area contributed by atoms with Gasteiger partial charge in [-0.25, -0.2) is 4.98 Å². The fraction of sp³-hybridized carbons (Fsp3) is 0.167. The van der Waals surface area contributed by atoms with E-state index in [2.05, 4.69) is 4.98 Å². The quantitative estimate of drug-likeness (QED) is 0.792. The molecule has 0 radical (unpaired) electrons. The zero-order valence-electron chi connectivity index (χ0n) is 8.92. The Kier molecular flexibility index (Phi) is 2.72. The summed E-state index contributed by atoms with van der Waals surface area (Å²) >= 11 is 0. The van der Waals surface area contributed by atoms with E-state index in [1.54, 1.807) is 48.3 Å². The molecule has 0 amide bonds. The number of imidazole rings is 1. The minimum Gasteiger partial charge on any atom is -0.508 e. The number of aromatic hydroxyl groups is 1. The first-order valence-electron chi connectivity index (χ1n) is 4.95. The van der Waals surface area contributed by atoms with Gasteiger partial charge in [-0.3, -0.25) is 4.79 Å². The predicted molar refractivity (Wildman–Crippen MR) is 59.3 cm³/mol. The summed E-state index contributed by atoms with van der Waals surface area (Å²) in [6.07, 6.45) is 3.57. The van der Waals surface area contributed by atoms with E-state index in [-0.39, 0.29) is 18.0 Å². The monoisotopic (exact) mass is 216 g/mol. The number of carbonyl (C=O) groups excluding carboxylic acids is 1. The maximum absolute atomic E-state index is 11.8. The van der Waals surface area contributed by atoms with Gasteiger partial charge in [0, 0.05) is 25.9 Å². The van der Waals surface area contributed by atoms with E-state index in [9.17, 15) is 9.90 Å². The molecule has 0 saturated carbocycles. The second-order valence-corrected chi connectivity index (χ2v) is 3.63. The first-order valence-corrected chi connectivity index (χ1v) is 4.95. The van der Waals surface area contributed by atoms with E-state index in [0.717, 1.165) is 5.56 Å². The number of hydrogen-bond acceptors (Lipinski definition) is 3. The molecule has 4 nitrogen and oxygen atoms in total. The Morgan fingerprint density at radius 2 is 2.31 bits per heavy atom. The first kappa shape index (κ1) is 10.4. The fourth-order valence-electron chi connectivity index (χ4n) is 1.57. The Hall–Kier alpha value is -2.10. The molecule has 1 heterocycles. The number of benzene rings is 1. The van der Waals surface area contributed by atoms with Crippen LogP contribution in [0, 0.1) is 0 Å². The number of nitrogens with zero attached hydrogens (tertiary/aromatic N) is 2. The summed E-state index contributed by atoms with van der Waals surface area (Å²) in [5.74, 6) is 0.548. The van der Waals surface area contributed by atoms with Gasteiger partial charge in [-0.2, -0.15) is 0 Å². The van der Waals surface area contributed by atoms with Crippen LogP contribution in [-0.2, 0) is 13.5 Å². The summed E-state index contributed by atoms with van der Waals surface area (Å²) in [6, 6.07) is 6.69. The van der Waals surface area contributed by atoms with E-state index < -0.39 is 0 Å². The molecule has 0 atom stereocenters. The SMILES string of the molecule is Cn1ccnc1C(=O)Cc1cccc(O)c1. The summed E-state index contributed by atoms with van der Waals surface area (Å²) in [6.45, 7) is 0. The Labute approximate surface area is 93.2 Å². The number of hydrogen-bond donors (Lipinski definition) is 1. The van der Waals surface area contributed by atoms with Gasteiger partial charge in [0.05, 0.1) is 0 Å². The number of ketones is 1. The summed E-state index contributed by atoms with van der Waals surface area (Å²) in [4.78, 5) is 15.8. The van der Waals surface area contributed by atoms with E-state index in [1.807, 2.05) is 0 Å². The average molecular weight is 216 g/mol. The fourth-order valence-corrected chi connectivity index (χ4v) is 1.57. The van der Waals surface area contributed by atoms with Gasteiger partial charge in [0.15, 0.2) is 5.82 Å². The highest BCUT2D eigenvalue weighted by atomic mass is 16.3. The molecule has 0 spiro atoms. The third-order valence-corrected chi connectivity index (χ3v) is 2.35. The van der Waals surface area contributed by atoms with Crippen LogP contribution < -0.4 is 0 Å². The number of Topliss-reactive ketones (excluding diaryl/α,β-unsaturated/α-hetero) is 1. The Morgan fingerprint density at radius 3 is 2.94 bits per heavy atom. The van der Waals surface area contributed by atoms with Gasteiger partial charge in [-0.15, -0.1) is 0 Å². The zero-order chi connectivity index (χ0) is 11.5. The van der Waals surface area contributed by atoms with E-state index >= 15 is 0 Å². The third-order valence-electron chi connectivity index (χ3n) is 2.35. The minimum atomic E-state index is -0.0573. The highest BCUT2D eigenvalue weighted by Crippen LogP contribution is 2.12. The Morgan fingerprint density at radius 1 is 1.50 bits per heavy atom. The van der Waals surface area contributed by atoms with Crippen molar-refractivity contribution in [3.8, 4) is 5.75 Å². The van der Waals surface area contributed by atoms with E-state index in [0.29, 0.717) is 5.82 Å². The van der Waals surface area contributed by atoms with Gasteiger partial charge < -0.3 is 9.67 Å². The molecule has 4 heteroatoms. The van der Waals surface area contributed by atoms with Crippen molar-refractivity contribution in [3.63, 3.8) is 0 Å². The molecular formula is C12H12N2O2. The lowest BCUT2D eigenvalue weighted by Gasteiger charge is -2.02. The molecular weight excluding hydrogens is 204 g/mol. The Balaban J connectivity index is 2.17. The van der Waals surface area contributed by atoms with Gasteiger partial charge in [0.1, 0.15) is 5.75 Å². The van der Waals surface area contributed by atoms with E-state index in [4.69, 9.17) is 0 Å². The van der Waals surface area contributed by atoms with Crippen molar-refractivity contribution >= 4 is 5.78 Å². The van der Waals surface area contributed by atoms with Gasteiger partial charge >= 0.3 is 0 Å². The molecule has 1 aromatic carbocycles. The summed E-state index contributed by atoms with van der Waals surface area (Å²) in [5.41, 5.74) is 0.785. The van der Waals surface area contributed by atoms with Crippen LogP contribution in [0.25, 0.3) is 0 Å². The van der Waals surface area contributed by atoms with E-state index in [1.165, 1.54) is 0 Å². The highest BCUT2D eigenvalue weighted by Gasteiger charge is 2.11. The van der Waals surface area contributed by atoms with Gasteiger partial charge in [-0.05, 0) is 17.7 Å². The number of aromatic nitrogens is 2. The summed E-state index contributed by atoms with van der Waals surface area (Å²) in [7, 11) is 1.78. The molecule has 0 bridgehead atoms. The molecule has 0 fully saturated rings. The molecule has 0 aliphatic heterocycles. The predicted octanol–water partition coefficient (Wildman–Crippen LogP) is 1.55. The van der Waals surface area contributed by atoms with Crippen molar-refractivity contribution in [1.29, 1.82) is 0 Å². The van der Waals surface area contributed by atoms with Crippen LogP contribution in [0.1, 0.15) is 16.2 Å². The van der Waals surface area contributed by atoms with Gasteiger partial charge in [-0.1, -0.05) is 12.1 Å². The number of aryl methyl sites for hydroxylation is 1. The van der Waals surface area contributed by atoms with Crippen LogP contribution in [0.15, 0.2) is 36.7 Å². The maximum Gasteiger partial charge on any atom is 0.202 e. The topological polar surface area (TPSA) is 55.1 Å². The van der Waals surface area contributed by atoms with Crippen LogP contribution in [0.4, 0.5) is 0 Å². The number of phenols is 1. The van der Waals surface area contributed by atoms with Gasteiger partial charge in [0.25, 0.3) is 0 Å². The lowest BCUT2D eigenvalue weighted by Crippen LogP contribution is -2.09. The van der Waals surface area contributed by atoms with Crippen LogP contribution in [0.2, 0.25) is 0 Å². The molecule has 0 saturated heterocycles. The average Bonchev–Trinajstić information content (AvgIpc) is 2.64. The lowest BCUT2D eigenvalue weighted by atomic mass is 10.1. The molecule has 0 aliphatic rings. The van der Waals surface area contributed by atoms with Crippen molar-refractivity contribution < 1.29 is 9.90 Å².